The SMILES string of the molecule is COc1ccc(CCC(=O)OCC(=O)N[C@@H](C)c2cccs2)cc1. The highest BCUT2D eigenvalue weighted by Crippen LogP contribution is 2.17. The Hall–Kier alpha value is -2.34. The normalized spacial score (nSPS) is 11.6. The summed E-state index contributed by atoms with van der Waals surface area (Å²) >= 11 is 1.57. The molecule has 0 bridgehead atoms. The maximum Gasteiger partial charge on any atom is 0.306 e. The first kappa shape index (κ1) is 18.0. The van der Waals surface area contributed by atoms with Gasteiger partial charge < -0.3 is 14.8 Å². The number of amides is 1. The molecule has 2 rings (SSSR count). The number of hydrogen-bond donors (Lipinski definition) is 1. The third-order valence-electron chi connectivity index (χ3n) is 3.49. The molecule has 0 aliphatic rings. The fourth-order valence-corrected chi connectivity index (χ4v) is 2.88. The number of carbonyl (C=O) groups excluding carboxylic acids is 2. The van der Waals surface area contributed by atoms with Crippen molar-refractivity contribution in [3.8, 4) is 5.75 Å². The number of aryl methyl sites for hydroxylation is 1. The largest absolute Gasteiger partial charge is 0.497 e. The molecule has 0 spiro atoms. The first-order valence-electron chi connectivity index (χ1n) is 7.70. The standard InChI is InChI=1S/C18H21NO4S/c1-13(16-4-3-11-24-16)19-17(20)12-23-18(21)10-7-14-5-8-15(22-2)9-6-14/h3-6,8-9,11,13H,7,10,12H2,1-2H3,(H,19,20)/t13-/m0/s1. The zero-order valence-electron chi connectivity index (χ0n) is 13.8. The van der Waals surface area contributed by atoms with E-state index in [9.17, 15) is 9.59 Å². The summed E-state index contributed by atoms with van der Waals surface area (Å²) in [4.78, 5) is 24.6. The molecule has 5 nitrogen and oxygen atoms in total. The number of esters is 1. The molecule has 0 aliphatic heterocycles. The molecule has 128 valence electrons. The lowest BCUT2D eigenvalue weighted by Crippen LogP contribution is -2.30. The van der Waals surface area contributed by atoms with Crippen LogP contribution in [0.25, 0.3) is 0 Å². The molecular formula is C18H21NO4S. The van der Waals surface area contributed by atoms with Crippen molar-refractivity contribution in [3.63, 3.8) is 0 Å². The van der Waals surface area contributed by atoms with Gasteiger partial charge in [-0.15, -0.1) is 11.3 Å². The Kier molecular flexibility index (Phi) is 6.81. The summed E-state index contributed by atoms with van der Waals surface area (Å²) in [5, 5.41) is 4.76. The molecule has 1 atom stereocenters. The molecule has 6 heteroatoms. The van der Waals surface area contributed by atoms with Crippen LogP contribution in [0.2, 0.25) is 0 Å². The summed E-state index contributed by atoms with van der Waals surface area (Å²) < 4.78 is 10.1. The Labute approximate surface area is 145 Å². The number of ether oxygens (including phenoxy) is 2. The van der Waals surface area contributed by atoms with Gasteiger partial charge in [-0.05, 0) is 42.5 Å². The Morgan fingerprint density at radius 3 is 2.58 bits per heavy atom. The van der Waals surface area contributed by atoms with Gasteiger partial charge in [-0.1, -0.05) is 18.2 Å². The number of nitrogens with one attached hydrogen (secondary N) is 1. The fraction of sp³-hybridized carbons (Fsp3) is 0.333. The van der Waals surface area contributed by atoms with Crippen molar-refractivity contribution in [2.24, 2.45) is 0 Å². The van der Waals surface area contributed by atoms with Gasteiger partial charge in [-0.3, -0.25) is 9.59 Å². The van der Waals surface area contributed by atoms with Crippen molar-refractivity contribution in [2.75, 3.05) is 13.7 Å². The van der Waals surface area contributed by atoms with Gasteiger partial charge in [-0.2, -0.15) is 0 Å². The molecule has 0 aliphatic carbocycles. The highest BCUT2D eigenvalue weighted by atomic mass is 32.1. The summed E-state index contributed by atoms with van der Waals surface area (Å²) in [7, 11) is 1.61. The van der Waals surface area contributed by atoms with Gasteiger partial charge in [0.15, 0.2) is 6.61 Å². The van der Waals surface area contributed by atoms with Crippen LogP contribution >= 0.6 is 11.3 Å². The second-order valence-electron chi connectivity index (χ2n) is 5.31. The van der Waals surface area contributed by atoms with E-state index in [2.05, 4.69) is 5.32 Å². The van der Waals surface area contributed by atoms with Crippen LogP contribution in [-0.4, -0.2) is 25.6 Å². The second kappa shape index (κ2) is 9.08. The quantitative estimate of drug-likeness (QED) is 0.745. The number of benzene rings is 1. The summed E-state index contributed by atoms with van der Waals surface area (Å²) in [6.45, 7) is 1.65. The first-order valence-corrected chi connectivity index (χ1v) is 8.57. The highest BCUT2D eigenvalue weighted by molar-refractivity contribution is 7.10. The van der Waals surface area contributed by atoms with Gasteiger partial charge in [0.25, 0.3) is 5.91 Å². The Bertz CT molecular complexity index is 652. The number of carbonyl (C=O) groups is 2. The van der Waals surface area contributed by atoms with Crippen LogP contribution in [0, 0.1) is 0 Å². The summed E-state index contributed by atoms with van der Waals surface area (Å²) in [5.74, 6) is 0.0938. The van der Waals surface area contributed by atoms with Crippen LogP contribution in [0.15, 0.2) is 41.8 Å². The Balaban J connectivity index is 1.67. The van der Waals surface area contributed by atoms with Crippen molar-refractivity contribution in [2.45, 2.75) is 25.8 Å². The van der Waals surface area contributed by atoms with E-state index in [4.69, 9.17) is 9.47 Å². The fourth-order valence-electron chi connectivity index (χ4n) is 2.15. The molecule has 24 heavy (non-hydrogen) atoms. The molecule has 2 aromatic rings. The smallest absolute Gasteiger partial charge is 0.306 e. The highest BCUT2D eigenvalue weighted by Gasteiger charge is 2.12. The minimum absolute atomic E-state index is 0.0875. The van der Waals surface area contributed by atoms with E-state index in [1.807, 2.05) is 48.7 Å². The summed E-state index contributed by atoms with van der Waals surface area (Å²) in [6, 6.07) is 11.3. The van der Waals surface area contributed by atoms with Gasteiger partial charge in [0.1, 0.15) is 5.75 Å². The van der Waals surface area contributed by atoms with E-state index < -0.39 is 0 Å². The molecule has 1 heterocycles. The predicted octanol–water partition coefficient (Wildman–Crippen LogP) is 3.11. The number of methoxy groups -OCH3 is 1. The third-order valence-corrected chi connectivity index (χ3v) is 4.54. The maximum atomic E-state index is 11.8. The van der Waals surface area contributed by atoms with E-state index in [1.165, 1.54) is 0 Å². The zero-order chi connectivity index (χ0) is 17.4. The van der Waals surface area contributed by atoms with Crippen LogP contribution in [-0.2, 0) is 20.7 Å². The van der Waals surface area contributed by atoms with Crippen LogP contribution in [0.4, 0.5) is 0 Å². The van der Waals surface area contributed by atoms with E-state index >= 15 is 0 Å². The molecule has 0 fully saturated rings. The van der Waals surface area contributed by atoms with Crippen LogP contribution in [0.3, 0.4) is 0 Å². The van der Waals surface area contributed by atoms with Gasteiger partial charge >= 0.3 is 5.97 Å². The molecule has 1 N–H and O–H groups in total. The van der Waals surface area contributed by atoms with Crippen LogP contribution < -0.4 is 10.1 Å². The molecule has 0 saturated heterocycles. The summed E-state index contributed by atoms with van der Waals surface area (Å²) in [5.41, 5.74) is 1.02. The number of thiophene rings is 1. The lowest BCUT2D eigenvalue weighted by Gasteiger charge is -2.12. The van der Waals surface area contributed by atoms with E-state index in [-0.39, 0.29) is 30.9 Å². The second-order valence-corrected chi connectivity index (χ2v) is 6.29. The van der Waals surface area contributed by atoms with E-state index in [0.717, 1.165) is 16.2 Å². The van der Waals surface area contributed by atoms with E-state index in [1.54, 1.807) is 18.4 Å². The molecule has 1 aromatic heterocycles. The average Bonchev–Trinajstić information content (AvgIpc) is 3.13. The Morgan fingerprint density at radius 1 is 1.21 bits per heavy atom. The van der Waals surface area contributed by atoms with Gasteiger partial charge in [-0.25, -0.2) is 0 Å². The summed E-state index contributed by atoms with van der Waals surface area (Å²) in [6.07, 6.45) is 0.802. The average molecular weight is 347 g/mol. The first-order chi connectivity index (χ1) is 11.6. The molecule has 1 aromatic carbocycles. The van der Waals surface area contributed by atoms with E-state index in [0.29, 0.717) is 6.42 Å². The maximum absolute atomic E-state index is 11.8. The lowest BCUT2D eigenvalue weighted by atomic mass is 10.1. The minimum Gasteiger partial charge on any atom is -0.497 e. The predicted molar refractivity (Wildman–Crippen MR) is 93.2 cm³/mol. The Morgan fingerprint density at radius 2 is 1.96 bits per heavy atom. The molecule has 0 saturated carbocycles. The van der Waals surface area contributed by atoms with Gasteiger partial charge in [0, 0.05) is 11.3 Å². The topological polar surface area (TPSA) is 64.6 Å². The number of rotatable bonds is 8. The van der Waals surface area contributed by atoms with Crippen molar-refractivity contribution < 1.29 is 19.1 Å². The van der Waals surface area contributed by atoms with Gasteiger partial charge in [0.05, 0.1) is 13.2 Å². The molecular weight excluding hydrogens is 326 g/mol. The van der Waals surface area contributed by atoms with Crippen LogP contribution in [0.1, 0.15) is 29.8 Å². The van der Waals surface area contributed by atoms with Gasteiger partial charge in [0.2, 0.25) is 0 Å². The third kappa shape index (κ3) is 5.70. The van der Waals surface area contributed by atoms with Crippen molar-refractivity contribution >= 4 is 23.2 Å². The molecule has 0 radical (unpaired) electrons. The lowest BCUT2D eigenvalue weighted by molar-refractivity contribution is -0.148. The van der Waals surface area contributed by atoms with Crippen molar-refractivity contribution in [1.29, 1.82) is 0 Å². The zero-order valence-corrected chi connectivity index (χ0v) is 14.6. The monoisotopic (exact) mass is 347 g/mol. The number of hydrogen-bond acceptors (Lipinski definition) is 5. The van der Waals surface area contributed by atoms with Crippen LogP contribution in [0.5, 0.6) is 5.75 Å². The minimum atomic E-state index is -0.384. The molecule has 1 amide bonds. The van der Waals surface area contributed by atoms with Crippen molar-refractivity contribution in [3.05, 3.63) is 52.2 Å². The van der Waals surface area contributed by atoms with Crippen molar-refractivity contribution in [1.82, 2.24) is 5.32 Å². The molecule has 0 unspecified atom stereocenters.